The van der Waals surface area contributed by atoms with Gasteiger partial charge in [-0.15, -0.1) is 0 Å². The van der Waals surface area contributed by atoms with E-state index in [1.807, 2.05) is 0 Å². The van der Waals surface area contributed by atoms with Gasteiger partial charge in [0.1, 0.15) is 12.4 Å². The van der Waals surface area contributed by atoms with Gasteiger partial charge in [0.25, 0.3) is 0 Å². The maximum Gasteiger partial charge on any atom is 0.222 e. The summed E-state index contributed by atoms with van der Waals surface area (Å²) >= 11 is 0. The predicted molar refractivity (Wildman–Crippen MR) is 130 cm³/mol. The third-order valence-corrected chi connectivity index (χ3v) is 6.61. The van der Waals surface area contributed by atoms with Gasteiger partial charge in [-0.05, 0) is 76.0 Å². The number of likely N-dealkylation sites (tertiary alicyclic amines) is 1. The topological polar surface area (TPSA) is 44.8 Å². The molecule has 2 aliphatic heterocycles. The van der Waals surface area contributed by atoms with E-state index >= 15 is 0 Å². The Morgan fingerprint density at radius 2 is 1.78 bits per heavy atom. The lowest BCUT2D eigenvalue weighted by atomic mass is 10.0. The molecular weight excluding hydrogens is 398 g/mol. The van der Waals surface area contributed by atoms with Gasteiger partial charge in [0.15, 0.2) is 0 Å². The fourth-order valence-electron chi connectivity index (χ4n) is 4.72. The SMILES string of the molecule is Cc1ccc(CN2c3ccc(C)cc3OCC2CC(=O)NCCCN2CCCCC2)cc1. The standard InChI is InChI=1S/C27H37N3O2/c1-21-7-10-23(11-8-21)19-30-24(20-32-26-17-22(2)9-12-25(26)30)18-27(31)28-13-6-16-29-14-4-3-5-15-29/h7-12,17,24H,3-6,13-16,18-20H2,1-2H3,(H,28,31). The van der Waals surface area contributed by atoms with E-state index < -0.39 is 0 Å². The third kappa shape index (κ3) is 6.04. The van der Waals surface area contributed by atoms with Gasteiger partial charge in [0.05, 0.1) is 18.2 Å². The van der Waals surface area contributed by atoms with Gasteiger partial charge in [-0.2, -0.15) is 0 Å². The lowest BCUT2D eigenvalue weighted by Crippen LogP contribution is -2.45. The molecule has 2 heterocycles. The molecule has 0 spiro atoms. The minimum Gasteiger partial charge on any atom is -0.489 e. The highest BCUT2D eigenvalue weighted by molar-refractivity contribution is 5.77. The van der Waals surface area contributed by atoms with Crippen LogP contribution < -0.4 is 15.0 Å². The summed E-state index contributed by atoms with van der Waals surface area (Å²) in [5.74, 6) is 1.03. The number of piperidine rings is 1. The Morgan fingerprint density at radius 1 is 1.03 bits per heavy atom. The van der Waals surface area contributed by atoms with Gasteiger partial charge in [0.2, 0.25) is 5.91 Å². The van der Waals surface area contributed by atoms with Crippen molar-refractivity contribution in [2.45, 2.75) is 58.5 Å². The molecule has 2 aromatic rings. The number of ether oxygens (including phenoxy) is 1. The zero-order valence-electron chi connectivity index (χ0n) is 19.6. The second-order valence-corrected chi connectivity index (χ2v) is 9.36. The van der Waals surface area contributed by atoms with Gasteiger partial charge in [0, 0.05) is 13.1 Å². The van der Waals surface area contributed by atoms with Crippen LogP contribution in [0.4, 0.5) is 5.69 Å². The quantitative estimate of drug-likeness (QED) is 0.622. The van der Waals surface area contributed by atoms with Gasteiger partial charge in [-0.3, -0.25) is 4.79 Å². The molecule has 1 amide bonds. The van der Waals surface area contributed by atoms with Crippen molar-refractivity contribution in [2.75, 3.05) is 37.7 Å². The largest absolute Gasteiger partial charge is 0.489 e. The summed E-state index contributed by atoms with van der Waals surface area (Å²) in [5.41, 5.74) is 4.76. The van der Waals surface area contributed by atoms with Crippen molar-refractivity contribution in [3.63, 3.8) is 0 Å². The number of fused-ring (bicyclic) bond motifs is 1. The number of carbonyl (C=O) groups excluding carboxylic acids is 1. The van der Waals surface area contributed by atoms with Crippen LogP contribution in [0.5, 0.6) is 5.75 Å². The molecule has 0 aliphatic carbocycles. The van der Waals surface area contributed by atoms with E-state index in [2.05, 4.69) is 71.4 Å². The van der Waals surface area contributed by atoms with Crippen molar-refractivity contribution in [1.82, 2.24) is 10.2 Å². The van der Waals surface area contributed by atoms with Crippen LogP contribution in [-0.2, 0) is 11.3 Å². The van der Waals surface area contributed by atoms with Crippen molar-refractivity contribution in [3.8, 4) is 5.75 Å². The third-order valence-electron chi connectivity index (χ3n) is 6.61. The fraction of sp³-hybridized carbons (Fsp3) is 0.519. The van der Waals surface area contributed by atoms with E-state index in [4.69, 9.17) is 4.74 Å². The van der Waals surface area contributed by atoms with Crippen LogP contribution in [-0.4, -0.2) is 49.6 Å². The second kappa shape index (κ2) is 10.9. The molecule has 0 radical (unpaired) electrons. The van der Waals surface area contributed by atoms with E-state index in [0.29, 0.717) is 13.0 Å². The van der Waals surface area contributed by atoms with Crippen LogP contribution in [0.1, 0.15) is 48.8 Å². The molecule has 1 atom stereocenters. The van der Waals surface area contributed by atoms with Crippen molar-refractivity contribution in [1.29, 1.82) is 0 Å². The monoisotopic (exact) mass is 435 g/mol. The smallest absolute Gasteiger partial charge is 0.222 e. The van der Waals surface area contributed by atoms with E-state index in [0.717, 1.165) is 37.5 Å². The average Bonchev–Trinajstić information content (AvgIpc) is 2.80. The zero-order chi connectivity index (χ0) is 22.3. The highest BCUT2D eigenvalue weighted by Gasteiger charge is 2.29. The number of nitrogens with zero attached hydrogens (tertiary/aromatic N) is 2. The molecule has 172 valence electrons. The molecule has 32 heavy (non-hydrogen) atoms. The van der Waals surface area contributed by atoms with E-state index in [-0.39, 0.29) is 11.9 Å². The fourth-order valence-corrected chi connectivity index (χ4v) is 4.72. The highest BCUT2D eigenvalue weighted by Crippen LogP contribution is 2.36. The molecule has 5 heteroatoms. The minimum absolute atomic E-state index is 0.0219. The molecule has 1 unspecified atom stereocenters. The van der Waals surface area contributed by atoms with Crippen LogP contribution in [0.25, 0.3) is 0 Å². The number of amides is 1. The van der Waals surface area contributed by atoms with E-state index in [9.17, 15) is 4.79 Å². The lowest BCUT2D eigenvalue weighted by Gasteiger charge is -2.38. The number of benzene rings is 2. The van der Waals surface area contributed by atoms with Crippen molar-refractivity contribution in [3.05, 3.63) is 59.2 Å². The van der Waals surface area contributed by atoms with Gasteiger partial charge >= 0.3 is 0 Å². The van der Waals surface area contributed by atoms with Crippen LogP contribution in [0.3, 0.4) is 0 Å². The maximum atomic E-state index is 12.8. The first kappa shape index (κ1) is 22.7. The van der Waals surface area contributed by atoms with Crippen LogP contribution in [0.2, 0.25) is 0 Å². The normalized spacial score (nSPS) is 18.7. The maximum absolute atomic E-state index is 12.8. The van der Waals surface area contributed by atoms with Crippen LogP contribution in [0, 0.1) is 13.8 Å². The molecule has 0 bridgehead atoms. The molecule has 1 N–H and O–H groups in total. The summed E-state index contributed by atoms with van der Waals surface area (Å²) < 4.78 is 6.08. The molecule has 0 saturated carbocycles. The summed E-state index contributed by atoms with van der Waals surface area (Å²) in [6.45, 7) is 9.73. The summed E-state index contributed by atoms with van der Waals surface area (Å²) in [7, 11) is 0. The number of anilines is 1. The van der Waals surface area contributed by atoms with Crippen molar-refractivity contribution >= 4 is 11.6 Å². The predicted octanol–water partition coefficient (Wildman–Crippen LogP) is 4.45. The number of hydrogen-bond donors (Lipinski definition) is 1. The Labute approximate surface area is 192 Å². The van der Waals surface area contributed by atoms with Crippen LogP contribution >= 0.6 is 0 Å². The van der Waals surface area contributed by atoms with E-state index in [1.54, 1.807) is 0 Å². The summed E-state index contributed by atoms with van der Waals surface area (Å²) in [5, 5.41) is 3.15. The minimum atomic E-state index is 0.0219. The molecule has 2 aliphatic rings. The number of hydrogen-bond acceptors (Lipinski definition) is 4. The molecule has 1 fully saturated rings. The number of nitrogens with one attached hydrogen (secondary N) is 1. The van der Waals surface area contributed by atoms with Crippen molar-refractivity contribution in [2.24, 2.45) is 0 Å². The number of carbonyl (C=O) groups is 1. The molecule has 5 nitrogen and oxygen atoms in total. The number of aryl methyl sites for hydroxylation is 2. The van der Waals surface area contributed by atoms with E-state index in [1.165, 1.54) is 49.0 Å². The molecule has 4 rings (SSSR count). The average molecular weight is 436 g/mol. The van der Waals surface area contributed by atoms with Crippen molar-refractivity contribution < 1.29 is 9.53 Å². The molecule has 1 saturated heterocycles. The Bertz CT molecular complexity index is 890. The first-order valence-electron chi connectivity index (χ1n) is 12.1. The summed E-state index contributed by atoms with van der Waals surface area (Å²) in [4.78, 5) is 17.6. The Kier molecular flexibility index (Phi) is 7.69. The van der Waals surface area contributed by atoms with Gasteiger partial charge in [-0.1, -0.05) is 42.3 Å². The summed E-state index contributed by atoms with van der Waals surface area (Å²) in [6.07, 6.45) is 5.45. The Hall–Kier alpha value is -2.53. The zero-order valence-corrected chi connectivity index (χ0v) is 19.6. The summed E-state index contributed by atoms with van der Waals surface area (Å²) in [6, 6.07) is 15.0. The molecule has 2 aromatic carbocycles. The van der Waals surface area contributed by atoms with Gasteiger partial charge < -0.3 is 19.9 Å². The Balaban J connectivity index is 1.36. The van der Waals surface area contributed by atoms with Gasteiger partial charge in [-0.25, -0.2) is 0 Å². The highest BCUT2D eigenvalue weighted by atomic mass is 16.5. The Morgan fingerprint density at radius 3 is 2.56 bits per heavy atom. The number of rotatable bonds is 8. The first-order chi connectivity index (χ1) is 15.6. The second-order valence-electron chi connectivity index (χ2n) is 9.36. The lowest BCUT2D eigenvalue weighted by molar-refractivity contribution is -0.121. The molecular formula is C27H37N3O2. The first-order valence-corrected chi connectivity index (χ1v) is 12.1. The van der Waals surface area contributed by atoms with Crippen LogP contribution in [0.15, 0.2) is 42.5 Å². The molecule has 0 aromatic heterocycles.